The van der Waals surface area contributed by atoms with Crippen molar-refractivity contribution in [2.24, 2.45) is 0 Å². The molecular weight excluding hydrogens is 467 g/mol. The van der Waals surface area contributed by atoms with Gasteiger partial charge in [0.25, 0.3) is 5.91 Å². The Morgan fingerprint density at radius 3 is 2.45 bits per heavy atom. The Morgan fingerprint density at radius 2 is 1.85 bits per heavy atom. The molecule has 0 saturated carbocycles. The van der Waals surface area contributed by atoms with Crippen LogP contribution in [0.4, 0.5) is 4.39 Å². The highest BCUT2D eigenvalue weighted by Gasteiger charge is 2.32. The van der Waals surface area contributed by atoms with E-state index in [1.54, 1.807) is 31.7 Å². The summed E-state index contributed by atoms with van der Waals surface area (Å²) < 4.78 is 53.8. The Kier molecular flexibility index (Phi) is 6.69. The average Bonchev–Trinajstić information content (AvgIpc) is 3.17. The first-order valence-electron chi connectivity index (χ1n) is 10.6. The number of thioether (sulfide) groups is 1. The summed E-state index contributed by atoms with van der Waals surface area (Å²) in [6.45, 7) is 4.43. The van der Waals surface area contributed by atoms with Crippen molar-refractivity contribution in [1.29, 1.82) is 0 Å². The Balaban J connectivity index is 1.96. The maximum Gasteiger partial charge on any atom is 0.255 e. The fourth-order valence-electron chi connectivity index (χ4n) is 3.73. The lowest BCUT2D eigenvalue weighted by molar-refractivity contribution is 0.0964. The van der Waals surface area contributed by atoms with Gasteiger partial charge in [0.1, 0.15) is 27.8 Å². The summed E-state index contributed by atoms with van der Waals surface area (Å²) in [6, 6.07) is 8.52. The van der Waals surface area contributed by atoms with Gasteiger partial charge in [-0.1, -0.05) is 0 Å². The van der Waals surface area contributed by atoms with E-state index in [2.05, 4.69) is 5.32 Å². The first-order valence-corrected chi connectivity index (χ1v) is 13.1. The lowest BCUT2D eigenvalue weighted by Gasteiger charge is -2.26. The van der Waals surface area contributed by atoms with E-state index in [0.717, 1.165) is 11.5 Å². The van der Waals surface area contributed by atoms with Crippen molar-refractivity contribution in [3.8, 4) is 17.1 Å². The molecule has 0 spiro atoms. The first-order chi connectivity index (χ1) is 15.7. The molecule has 1 aromatic heterocycles. The number of nitrogens with one attached hydrogen (secondary N) is 1. The second kappa shape index (κ2) is 9.36. The molecule has 10 heteroatoms. The molecule has 7 nitrogen and oxygen atoms in total. The molecule has 1 aliphatic heterocycles. The van der Waals surface area contributed by atoms with Gasteiger partial charge >= 0.3 is 0 Å². The minimum absolute atomic E-state index is 0.00142. The van der Waals surface area contributed by atoms with Gasteiger partial charge in [0.2, 0.25) is 10.0 Å². The number of ether oxygens (including phenoxy) is 1. The number of fused-ring (bicyclic) bond motifs is 1. The van der Waals surface area contributed by atoms with Crippen LogP contribution in [0.2, 0.25) is 0 Å². The third-order valence-corrected chi connectivity index (χ3v) is 8.13. The molecule has 0 unspecified atom stereocenters. The smallest absolute Gasteiger partial charge is 0.255 e. The van der Waals surface area contributed by atoms with E-state index in [-0.39, 0.29) is 33.7 Å². The number of carbonyl (C=O) groups excluding carboxylic acids is 1. The third-order valence-electron chi connectivity index (χ3n) is 5.27. The van der Waals surface area contributed by atoms with Crippen molar-refractivity contribution < 1.29 is 26.8 Å². The lowest BCUT2D eigenvalue weighted by atomic mass is 10.0. The van der Waals surface area contributed by atoms with Crippen LogP contribution in [-0.4, -0.2) is 56.4 Å². The second-order valence-corrected chi connectivity index (χ2v) is 11.0. The van der Waals surface area contributed by atoms with E-state index in [1.807, 2.05) is 0 Å². The molecule has 2 aromatic carbocycles. The Bertz CT molecular complexity index is 1280. The molecule has 176 valence electrons. The van der Waals surface area contributed by atoms with Crippen molar-refractivity contribution in [2.75, 3.05) is 31.6 Å². The zero-order valence-electron chi connectivity index (χ0n) is 18.6. The van der Waals surface area contributed by atoms with Crippen molar-refractivity contribution in [2.45, 2.75) is 24.8 Å². The summed E-state index contributed by atoms with van der Waals surface area (Å²) in [5, 5.41) is 3.01. The van der Waals surface area contributed by atoms with E-state index < -0.39 is 21.7 Å². The lowest BCUT2D eigenvalue weighted by Crippen LogP contribution is -2.38. The topological polar surface area (TPSA) is 88.8 Å². The van der Waals surface area contributed by atoms with Crippen LogP contribution in [0.25, 0.3) is 22.3 Å². The second-order valence-electron chi connectivity index (χ2n) is 7.87. The first kappa shape index (κ1) is 23.6. The van der Waals surface area contributed by atoms with E-state index in [9.17, 15) is 17.6 Å². The Morgan fingerprint density at radius 1 is 1.18 bits per heavy atom. The molecule has 0 atom stereocenters. The van der Waals surface area contributed by atoms with Crippen LogP contribution in [0.15, 0.2) is 45.7 Å². The molecule has 1 N–H and O–H groups in total. The van der Waals surface area contributed by atoms with Gasteiger partial charge in [-0.2, -0.15) is 16.1 Å². The molecule has 2 heterocycles. The van der Waals surface area contributed by atoms with E-state index in [4.69, 9.17) is 9.15 Å². The summed E-state index contributed by atoms with van der Waals surface area (Å²) in [6.07, 6.45) is -0.291. The number of furan rings is 1. The SMILES string of the molecule is CNC(=O)c1c(-c2ccc(F)cc2)oc2cc(S(=O)(=O)N3CCSCC3)c(OC(C)C)cc12. The number of carbonyl (C=O) groups is 1. The quantitative estimate of drug-likeness (QED) is 0.557. The highest BCUT2D eigenvalue weighted by Crippen LogP contribution is 2.40. The van der Waals surface area contributed by atoms with Gasteiger partial charge in [-0.25, -0.2) is 12.8 Å². The minimum Gasteiger partial charge on any atom is -0.490 e. The van der Waals surface area contributed by atoms with Crippen LogP contribution < -0.4 is 10.1 Å². The molecule has 33 heavy (non-hydrogen) atoms. The Labute approximate surface area is 196 Å². The highest BCUT2D eigenvalue weighted by molar-refractivity contribution is 7.99. The van der Waals surface area contributed by atoms with E-state index in [1.165, 1.54) is 41.7 Å². The van der Waals surface area contributed by atoms with Crippen molar-refractivity contribution in [3.63, 3.8) is 0 Å². The third kappa shape index (κ3) is 4.60. The van der Waals surface area contributed by atoms with Crippen LogP contribution in [0.5, 0.6) is 5.75 Å². The maximum atomic E-state index is 13.5. The summed E-state index contributed by atoms with van der Waals surface area (Å²) in [4.78, 5) is 12.8. The number of hydrogen-bond donors (Lipinski definition) is 1. The molecule has 1 amide bonds. The summed E-state index contributed by atoms with van der Waals surface area (Å²) >= 11 is 1.71. The van der Waals surface area contributed by atoms with Crippen LogP contribution in [0.1, 0.15) is 24.2 Å². The maximum absolute atomic E-state index is 13.5. The van der Waals surface area contributed by atoms with Gasteiger partial charge in [-0.15, -0.1) is 0 Å². The normalized spacial score (nSPS) is 15.2. The molecule has 1 aliphatic rings. The molecule has 4 rings (SSSR count). The molecular formula is C23H25FN2O5S2. The predicted molar refractivity (Wildman–Crippen MR) is 127 cm³/mol. The zero-order chi connectivity index (χ0) is 23.8. The average molecular weight is 493 g/mol. The van der Waals surface area contributed by atoms with Crippen molar-refractivity contribution in [1.82, 2.24) is 9.62 Å². The van der Waals surface area contributed by atoms with Crippen LogP contribution >= 0.6 is 11.8 Å². The molecule has 0 radical (unpaired) electrons. The molecule has 0 bridgehead atoms. The Hall–Kier alpha value is -2.56. The monoisotopic (exact) mass is 492 g/mol. The number of benzene rings is 2. The fraction of sp³-hybridized carbons (Fsp3) is 0.348. The molecule has 1 fully saturated rings. The van der Waals surface area contributed by atoms with Crippen molar-refractivity contribution >= 4 is 38.7 Å². The number of amides is 1. The molecule has 1 saturated heterocycles. The van der Waals surface area contributed by atoms with E-state index >= 15 is 0 Å². The van der Waals surface area contributed by atoms with Gasteiger partial charge in [-0.05, 0) is 44.2 Å². The van der Waals surface area contributed by atoms with Gasteiger partial charge in [0.15, 0.2) is 0 Å². The number of halogens is 1. The highest BCUT2D eigenvalue weighted by atomic mass is 32.2. The summed E-state index contributed by atoms with van der Waals surface area (Å²) in [5.74, 6) is 0.997. The fourth-order valence-corrected chi connectivity index (χ4v) is 6.43. The largest absolute Gasteiger partial charge is 0.490 e. The number of hydrogen-bond acceptors (Lipinski definition) is 6. The van der Waals surface area contributed by atoms with Gasteiger partial charge in [0.05, 0.1) is 11.7 Å². The number of nitrogens with zero attached hydrogens (tertiary/aromatic N) is 1. The van der Waals surface area contributed by atoms with Crippen LogP contribution in [0.3, 0.4) is 0 Å². The van der Waals surface area contributed by atoms with Gasteiger partial charge in [0, 0.05) is 48.7 Å². The standard InChI is InChI=1S/C23H25FN2O5S2/c1-14(2)30-19-12-17-18(13-20(19)33(28,29)26-8-10-32-11-9-26)31-22(21(17)23(27)25-3)15-4-6-16(24)7-5-15/h4-7,12-14H,8-11H2,1-3H3,(H,25,27). The molecule has 3 aromatic rings. The zero-order valence-corrected chi connectivity index (χ0v) is 20.2. The van der Waals surface area contributed by atoms with Gasteiger partial charge < -0.3 is 14.5 Å². The predicted octanol–water partition coefficient (Wildman–Crippen LogP) is 4.12. The van der Waals surface area contributed by atoms with Gasteiger partial charge in [-0.3, -0.25) is 4.79 Å². The minimum atomic E-state index is -3.84. The van der Waals surface area contributed by atoms with Crippen LogP contribution in [-0.2, 0) is 10.0 Å². The number of rotatable bonds is 6. The summed E-state index contributed by atoms with van der Waals surface area (Å²) in [5.41, 5.74) is 0.954. The number of sulfonamides is 1. The van der Waals surface area contributed by atoms with E-state index in [0.29, 0.717) is 24.0 Å². The summed E-state index contributed by atoms with van der Waals surface area (Å²) in [7, 11) is -2.35. The van der Waals surface area contributed by atoms with Crippen LogP contribution in [0, 0.1) is 5.82 Å². The van der Waals surface area contributed by atoms with Crippen molar-refractivity contribution in [3.05, 3.63) is 47.8 Å². The molecule has 0 aliphatic carbocycles.